The molecule has 0 radical (unpaired) electrons. The zero-order chi connectivity index (χ0) is 14.5. The first-order valence-electron chi connectivity index (χ1n) is 6.67. The van der Waals surface area contributed by atoms with Gasteiger partial charge in [-0.25, -0.2) is 0 Å². The van der Waals surface area contributed by atoms with Crippen molar-refractivity contribution < 1.29 is 14.2 Å². The second-order valence-corrected chi connectivity index (χ2v) is 4.93. The Labute approximate surface area is 119 Å². The quantitative estimate of drug-likeness (QED) is 0.606. The molecule has 0 bridgehead atoms. The van der Waals surface area contributed by atoms with E-state index in [0.717, 1.165) is 18.7 Å². The number of ether oxygens (including phenoxy) is 3. The fourth-order valence-corrected chi connectivity index (χ4v) is 2.48. The SMILES string of the molecule is COc1ccc(C(NN)C2CN(C)CCO2)cc1OC. The highest BCUT2D eigenvalue weighted by atomic mass is 16.5. The summed E-state index contributed by atoms with van der Waals surface area (Å²) >= 11 is 0. The van der Waals surface area contributed by atoms with E-state index in [4.69, 9.17) is 20.1 Å². The zero-order valence-electron chi connectivity index (χ0n) is 12.3. The van der Waals surface area contributed by atoms with Gasteiger partial charge in [0.2, 0.25) is 0 Å². The highest BCUT2D eigenvalue weighted by Gasteiger charge is 2.28. The number of benzene rings is 1. The van der Waals surface area contributed by atoms with E-state index in [1.165, 1.54) is 0 Å². The molecule has 2 rings (SSSR count). The van der Waals surface area contributed by atoms with Crippen LogP contribution in [0.15, 0.2) is 18.2 Å². The van der Waals surface area contributed by atoms with E-state index in [1.807, 2.05) is 18.2 Å². The van der Waals surface area contributed by atoms with Crippen LogP contribution in [-0.4, -0.2) is 52.0 Å². The number of morpholine rings is 1. The standard InChI is InChI=1S/C14H23N3O3/c1-17-6-7-20-13(9-17)14(16-15)10-4-5-11(18-2)12(8-10)19-3/h4-5,8,13-14,16H,6-7,9,15H2,1-3H3. The molecule has 2 unspecified atom stereocenters. The number of likely N-dealkylation sites (N-methyl/N-ethyl adjacent to an activating group) is 1. The molecule has 0 aliphatic carbocycles. The topological polar surface area (TPSA) is 69.0 Å². The first kappa shape index (κ1) is 15.1. The second kappa shape index (κ2) is 6.90. The molecule has 2 atom stereocenters. The lowest BCUT2D eigenvalue weighted by Gasteiger charge is -2.35. The fraction of sp³-hybridized carbons (Fsp3) is 0.571. The van der Waals surface area contributed by atoms with Crippen LogP contribution in [0.2, 0.25) is 0 Å². The molecule has 20 heavy (non-hydrogen) atoms. The van der Waals surface area contributed by atoms with Crippen LogP contribution in [0.3, 0.4) is 0 Å². The molecule has 1 aliphatic heterocycles. The van der Waals surface area contributed by atoms with Crippen LogP contribution in [0.1, 0.15) is 11.6 Å². The van der Waals surface area contributed by atoms with Crippen LogP contribution >= 0.6 is 0 Å². The highest BCUT2D eigenvalue weighted by Crippen LogP contribution is 2.31. The summed E-state index contributed by atoms with van der Waals surface area (Å²) in [6.07, 6.45) is 0.0110. The van der Waals surface area contributed by atoms with Crippen molar-refractivity contribution >= 4 is 0 Å². The maximum Gasteiger partial charge on any atom is 0.161 e. The Hall–Kier alpha value is -1.34. The Kier molecular flexibility index (Phi) is 5.19. The Morgan fingerprint density at radius 2 is 2.10 bits per heavy atom. The zero-order valence-corrected chi connectivity index (χ0v) is 12.3. The summed E-state index contributed by atoms with van der Waals surface area (Å²) in [6.45, 7) is 2.50. The van der Waals surface area contributed by atoms with E-state index in [-0.39, 0.29) is 12.1 Å². The number of nitrogens with zero attached hydrogens (tertiary/aromatic N) is 1. The molecule has 3 N–H and O–H groups in total. The Morgan fingerprint density at radius 3 is 2.70 bits per heavy atom. The number of rotatable bonds is 5. The van der Waals surface area contributed by atoms with E-state index < -0.39 is 0 Å². The summed E-state index contributed by atoms with van der Waals surface area (Å²) in [4.78, 5) is 2.24. The molecule has 1 aliphatic rings. The van der Waals surface area contributed by atoms with Gasteiger partial charge in [-0.3, -0.25) is 11.3 Å². The Balaban J connectivity index is 2.22. The molecule has 1 fully saturated rings. The molecular weight excluding hydrogens is 258 g/mol. The average molecular weight is 281 g/mol. The third kappa shape index (κ3) is 3.21. The van der Waals surface area contributed by atoms with E-state index in [1.54, 1.807) is 14.2 Å². The van der Waals surface area contributed by atoms with Crippen molar-refractivity contribution in [3.63, 3.8) is 0 Å². The van der Waals surface area contributed by atoms with Crippen LogP contribution in [0, 0.1) is 0 Å². The number of hydrogen-bond donors (Lipinski definition) is 2. The van der Waals surface area contributed by atoms with Crippen molar-refractivity contribution in [1.29, 1.82) is 0 Å². The summed E-state index contributed by atoms with van der Waals surface area (Å²) in [5, 5.41) is 0. The van der Waals surface area contributed by atoms with Gasteiger partial charge >= 0.3 is 0 Å². The third-order valence-electron chi connectivity index (χ3n) is 3.61. The van der Waals surface area contributed by atoms with Crippen molar-refractivity contribution in [3.8, 4) is 11.5 Å². The van der Waals surface area contributed by atoms with Gasteiger partial charge in [0.05, 0.1) is 33.0 Å². The van der Waals surface area contributed by atoms with Crippen molar-refractivity contribution in [3.05, 3.63) is 23.8 Å². The molecule has 1 heterocycles. The largest absolute Gasteiger partial charge is 0.493 e. The smallest absolute Gasteiger partial charge is 0.161 e. The van der Waals surface area contributed by atoms with Gasteiger partial charge in [-0.2, -0.15) is 0 Å². The van der Waals surface area contributed by atoms with Crippen LogP contribution in [0.5, 0.6) is 11.5 Å². The van der Waals surface area contributed by atoms with Crippen molar-refractivity contribution in [2.45, 2.75) is 12.1 Å². The molecule has 112 valence electrons. The van der Waals surface area contributed by atoms with Gasteiger partial charge in [-0.15, -0.1) is 0 Å². The van der Waals surface area contributed by atoms with Gasteiger partial charge in [0.15, 0.2) is 11.5 Å². The van der Waals surface area contributed by atoms with E-state index in [9.17, 15) is 0 Å². The maximum absolute atomic E-state index is 5.83. The van der Waals surface area contributed by atoms with Crippen LogP contribution < -0.4 is 20.7 Å². The number of hydrazine groups is 1. The lowest BCUT2D eigenvalue weighted by Crippen LogP contribution is -2.48. The Bertz CT molecular complexity index is 442. The van der Waals surface area contributed by atoms with Crippen molar-refractivity contribution in [1.82, 2.24) is 10.3 Å². The predicted octanol–water partition coefficient (Wildman–Crippen LogP) is 0.539. The molecular formula is C14H23N3O3. The highest BCUT2D eigenvalue weighted by molar-refractivity contribution is 5.44. The number of nitrogens with one attached hydrogen (secondary N) is 1. The normalized spacial score (nSPS) is 21.5. The molecule has 0 spiro atoms. The number of nitrogens with two attached hydrogens (primary N) is 1. The maximum atomic E-state index is 5.83. The van der Waals surface area contributed by atoms with Gasteiger partial charge in [-0.05, 0) is 24.7 Å². The van der Waals surface area contributed by atoms with Crippen molar-refractivity contribution in [2.75, 3.05) is 41.0 Å². The third-order valence-corrected chi connectivity index (χ3v) is 3.61. The molecule has 1 saturated heterocycles. The van der Waals surface area contributed by atoms with E-state index in [2.05, 4.69) is 17.4 Å². The average Bonchev–Trinajstić information content (AvgIpc) is 2.48. The molecule has 0 aromatic heterocycles. The molecule has 0 saturated carbocycles. The van der Waals surface area contributed by atoms with Crippen molar-refractivity contribution in [2.24, 2.45) is 5.84 Å². The summed E-state index contributed by atoms with van der Waals surface area (Å²) in [5.74, 6) is 7.11. The monoisotopic (exact) mass is 281 g/mol. The van der Waals surface area contributed by atoms with Crippen LogP contribution in [0.4, 0.5) is 0 Å². The first-order chi connectivity index (χ1) is 9.69. The molecule has 1 aromatic carbocycles. The van der Waals surface area contributed by atoms with Gasteiger partial charge in [0.1, 0.15) is 0 Å². The summed E-state index contributed by atoms with van der Waals surface area (Å²) < 4.78 is 16.4. The molecule has 6 heteroatoms. The Morgan fingerprint density at radius 1 is 1.35 bits per heavy atom. The van der Waals surface area contributed by atoms with Crippen LogP contribution in [0.25, 0.3) is 0 Å². The fourth-order valence-electron chi connectivity index (χ4n) is 2.48. The minimum Gasteiger partial charge on any atom is -0.493 e. The first-order valence-corrected chi connectivity index (χ1v) is 6.67. The van der Waals surface area contributed by atoms with Gasteiger partial charge in [0, 0.05) is 13.1 Å². The molecule has 1 aromatic rings. The lowest BCUT2D eigenvalue weighted by molar-refractivity contribution is -0.0393. The number of methoxy groups -OCH3 is 2. The molecule has 0 amide bonds. The molecule has 6 nitrogen and oxygen atoms in total. The van der Waals surface area contributed by atoms with Gasteiger partial charge in [-0.1, -0.05) is 6.07 Å². The summed E-state index contributed by atoms with van der Waals surface area (Å²) in [5.41, 5.74) is 3.87. The number of hydrogen-bond acceptors (Lipinski definition) is 6. The minimum atomic E-state index is -0.0856. The second-order valence-electron chi connectivity index (χ2n) is 4.93. The summed E-state index contributed by atoms with van der Waals surface area (Å²) in [6, 6.07) is 5.70. The van der Waals surface area contributed by atoms with Gasteiger partial charge in [0.25, 0.3) is 0 Å². The lowest BCUT2D eigenvalue weighted by atomic mass is 10.00. The van der Waals surface area contributed by atoms with Gasteiger partial charge < -0.3 is 19.1 Å². The van der Waals surface area contributed by atoms with E-state index in [0.29, 0.717) is 18.1 Å². The van der Waals surface area contributed by atoms with E-state index >= 15 is 0 Å². The predicted molar refractivity (Wildman–Crippen MR) is 76.8 cm³/mol. The van der Waals surface area contributed by atoms with Crippen LogP contribution in [-0.2, 0) is 4.74 Å². The summed E-state index contributed by atoms with van der Waals surface area (Å²) in [7, 11) is 5.32. The minimum absolute atomic E-state index is 0.0110.